The first-order valence-corrected chi connectivity index (χ1v) is 7.20. The highest BCUT2D eigenvalue weighted by Gasteiger charge is 2.32. The Morgan fingerprint density at radius 3 is 2.84 bits per heavy atom. The van der Waals surface area contributed by atoms with Crippen LogP contribution < -0.4 is 0 Å². The molecule has 0 bridgehead atoms. The van der Waals surface area contributed by atoms with Crippen LogP contribution in [0.1, 0.15) is 31.5 Å². The molecule has 1 heterocycles. The van der Waals surface area contributed by atoms with Crippen molar-refractivity contribution in [3.8, 4) is 0 Å². The first-order chi connectivity index (χ1) is 8.96. The SMILES string of the molecule is CCCn1nncc1C(C)(O)c1ccc(Br)cc1Cl. The number of hydrogen-bond donors (Lipinski definition) is 1. The van der Waals surface area contributed by atoms with Crippen LogP contribution in [0.3, 0.4) is 0 Å². The third-order valence-corrected chi connectivity index (χ3v) is 3.81. The summed E-state index contributed by atoms with van der Waals surface area (Å²) in [4.78, 5) is 0. The van der Waals surface area contributed by atoms with Gasteiger partial charge in [-0.05, 0) is 25.5 Å². The Hall–Kier alpha value is -0.910. The van der Waals surface area contributed by atoms with Gasteiger partial charge in [0.2, 0.25) is 0 Å². The number of aliphatic hydroxyl groups is 1. The third kappa shape index (κ3) is 2.83. The zero-order valence-electron chi connectivity index (χ0n) is 10.8. The van der Waals surface area contributed by atoms with E-state index in [1.807, 2.05) is 13.0 Å². The molecule has 102 valence electrons. The van der Waals surface area contributed by atoms with Gasteiger partial charge in [0.05, 0.1) is 11.9 Å². The van der Waals surface area contributed by atoms with Crippen LogP contribution in [0.25, 0.3) is 0 Å². The highest BCUT2D eigenvalue weighted by Crippen LogP contribution is 2.34. The molecule has 19 heavy (non-hydrogen) atoms. The van der Waals surface area contributed by atoms with Crippen molar-refractivity contribution in [2.75, 3.05) is 0 Å². The van der Waals surface area contributed by atoms with Crippen molar-refractivity contribution in [3.63, 3.8) is 0 Å². The molecule has 4 nitrogen and oxygen atoms in total. The molecule has 0 aliphatic heterocycles. The zero-order valence-corrected chi connectivity index (χ0v) is 13.1. The molecule has 1 aromatic heterocycles. The maximum absolute atomic E-state index is 10.8. The molecular formula is C13H15BrClN3O. The molecule has 0 amide bonds. The molecule has 2 aromatic rings. The van der Waals surface area contributed by atoms with Crippen LogP contribution >= 0.6 is 27.5 Å². The lowest BCUT2D eigenvalue weighted by atomic mass is 9.92. The largest absolute Gasteiger partial charge is 0.379 e. The summed E-state index contributed by atoms with van der Waals surface area (Å²) >= 11 is 9.58. The molecule has 0 spiro atoms. The van der Waals surface area contributed by atoms with Gasteiger partial charge in [0, 0.05) is 21.6 Å². The Bertz CT molecular complexity index is 583. The van der Waals surface area contributed by atoms with Crippen molar-refractivity contribution in [1.29, 1.82) is 0 Å². The summed E-state index contributed by atoms with van der Waals surface area (Å²) in [5.74, 6) is 0. The Balaban J connectivity index is 2.48. The van der Waals surface area contributed by atoms with Crippen LogP contribution in [0.5, 0.6) is 0 Å². The number of rotatable bonds is 4. The minimum Gasteiger partial charge on any atom is -0.379 e. The number of aromatic nitrogens is 3. The monoisotopic (exact) mass is 343 g/mol. The van der Waals surface area contributed by atoms with Crippen LogP contribution in [-0.4, -0.2) is 20.1 Å². The van der Waals surface area contributed by atoms with Crippen LogP contribution in [0.4, 0.5) is 0 Å². The second-order valence-electron chi connectivity index (χ2n) is 4.54. The molecule has 0 saturated heterocycles. The normalized spacial score (nSPS) is 14.4. The fourth-order valence-corrected chi connectivity index (χ4v) is 2.89. The van der Waals surface area contributed by atoms with Crippen molar-refractivity contribution in [1.82, 2.24) is 15.0 Å². The summed E-state index contributed by atoms with van der Waals surface area (Å²) in [6.45, 7) is 4.46. The summed E-state index contributed by atoms with van der Waals surface area (Å²) in [7, 11) is 0. The molecule has 1 unspecified atom stereocenters. The first-order valence-electron chi connectivity index (χ1n) is 6.03. The van der Waals surface area contributed by atoms with Gasteiger partial charge in [0.1, 0.15) is 5.60 Å². The number of hydrogen-bond acceptors (Lipinski definition) is 3. The average molecular weight is 345 g/mol. The van der Waals surface area contributed by atoms with Crippen molar-refractivity contribution >= 4 is 27.5 Å². The lowest BCUT2D eigenvalue weighted by Crippen LogP contribution is -2.27. The number of nitrogens with zero attached hydrogens (tertiary/aromatic N) is 3. The highest BCUT2D eigenvalue weighted by molar-refractivity contribution is 9.10. The van der Waals surface area contributed by atoms with Gasteiger partial charge in [-0.1, -0.05) is 45.7 Å². The molecule has 0 fully saturated rings. The second-order valence-corrected chi connectivity index (χ2v) is 5.86. The summed E-state index contributed by atoms with van der Waals surface area (Å²) in [6, 6.07) is 5.42. The van der Waals surface area contributed by atoms with Crippen molar-refractivity contribution in [2.45, 2.75) is 32.4 Å². The first kappa shape index (κ1) is 14.5. The van der Waals surface area contributed by atoms with E-state index < -0.39 is 5.60 Å². The summed E-state index contributed by atoms with van der Waals surface area (Å²) in [5.41, 5.74) is 0.0480. The Morgan fingerprint density at radius 1 is 1.47 bits per heavy atom. The van der Waals surface area contributed by atoms with Crippen LogP contribution in [0, 0.1) is 0 Å². The fourth-order valence-electron chi connectivity index (χ4n) is 2.03. The lowest BCUT2D eigenvalue weighted by Gasteiger charge is -2.25. The van der Waals surface area contributed by atoms with E-state index in [1.54, 1.807) is 29.9 Å². The minimum atomic E-state index is -1.23. The second kappa shape index (κ2) is 5.61. The third-order valence-electron chi connectivity index (χ3n) is 3.01. The predicted molar refractivity (Wildman–Crippen MR) is 78.1 cm³/mol. The van der Waals surface area contributed by atoms with E-state index in [-0.39, 0.29) is 0 Å². The topological polar surface area (TPSA) is 50.9 Å². The van der Waals surface area contributed by atoms with E-state index in [4.69, 9.17) is 11.6 Å². The van der Waals surface area contributed by atoms with Gasteiger partial charge in [0.15, 0.2) is 0 Å². The van der Waals surface area contributed by atoms with Gasteiger partial charge in [-0.2, -0.15) is 0 Å². The predicted octanol–water partition coefficient (Wildman–Crippen LogP) is 3.36. The van der Waals surface area contributed by atoms with Gasteiger partial charge in [-0.15, -0.1) is 5.10 Å². The smallest absolute Gasteiger partial charge is 0.131 e. The average Bonchev–Trinajstić information content (AvgIpc) is 2.78. The molecule has 0 aliphatic carbocycles. The van der Waals surface area contributed by atoms with Gasteiger partial charge < -0.3 is 5.11 Å². The van der Waals surface area contributed by atoms with E-state index >= 15 is 0 Å². The van der Waals surface area contributed by atoms with E-state index in [2.05, 4.69) is 26.2 Å². The number of halogens is 2. The minimum absolute atomic E-state index is 0.503. The quantitative estimate of drug-likeness (QED) is 0.925. The van der Waals surface area contributed by atoms with E-state index in [0.29, 0.717) is 22.8 Å². The molecule has 1 aromatic carbocycles. The van der Waals surface area contributed by atoms with Crippen molar-refractivity contribution in [2.24, 2.45) is 0 Å². The van der Waals surface area contributed by atoms with Crippen LogP contribution in [0.2, 0.25) is 5.02 Å². The number of aryl methyl sites for hydroxylation is 1. The Labute approximate surface area is 125 Å². The molecular weight excluding hydrogens is 330 g/mol. The fraction of sp³-hybridized carbons (Fsp3) is 0.385. The maximum Gasteiger partial charge on any atom is 0.131 e. The molecule has 0 saturated carbocycles. The van der Waals surface area contributed by atoms with Gasteiger partial charge >= 0.3 is 0 Å². The summed E-state index contributed by atoms with van der Waals surface area (Å²) < 4.78 is 2.58. The van der Waals surface area contributed by atoms with Gasteiger partial charge in [-0.25, -0.2) is 4.68 Å². The molecule has 6 heteroatoms. The highest BCUT2D eigenvalue weighted by atomic mass is 79.9. The Morgan fingerprint density at radius 2 is 2.21 bits per heavy atom. The van der Waals surface area contributed by atoms with Crippen molar-refractivity contribution in [3.05, 3.63) is 45.1 Å². The molecule has 1 N–H and O–H groups in total. The van der Waals surface area contributed by atoms with Crippen LogP contribution in [-0.2, 0) is 12.1 Å². The number of benzene rings is 1. The lowest BCUT2D eigenvalue weighted by molar-refractivity contribution is 0.0915. The maximum atomic E-state index is 10.8. The zero-order chi connectivity index (χ0) is 14.0. The van der Waals surface area contributed by atoms with Gasteiger partial charge in [-0.3, -0.25) is 0 Å². The molecule has 0 radical (unpaired) electrons. The molecule has 2 rings (SSSR count). The van der Waals surface area contributed by atoms with Crippen molar-refractivity contribution < 1.29 is 5.11 Å². The van der Waals surface area contributed by atoms with Crippen LogP contribution in [0.15, 0.2) is 28.9 Å². The summed E-state index contributed by atoms with van der Waals surface area (Å²) in [6.07, 6.45) is 2.49. The Kier molecular flexibility index (Phi) is 4.28. The summed E-state index contributed by atoms with van der Waals surface area (Å²) in [5, 5.41) is 19.2. The van der Waals surface area contributed by atoms with E-state index in [9.17, 15) is 5.11 Å². The standard InChI is InChI=1S/C13H15BrClN3O/c1-3-6-18-12(8-16-17-18)13(2,19)10-5-4-9(14)7-11(10)15/h4-5,7-8,19H,3,6H2,1-2H3. The molecule has 1 atom stereocenters. The van der Waals surface area contributed by atoms with E-state index in [0.717, 1.165) is 10.9 Å². The van der Waals surface area contributed by atoms with Gasteiger partial charge in [0.25, 0.3) is 0 Å². The van der Waals surface area contributed by atoms with E-state index in [1.165, 1.54) is 0 Å². The molecule has 0 aliphatic rings.